The fourth-order valence-electron chi connectivity index (χ4n) is 2.73. The lowest BCUT2D eigenvalue weighted by Gasteiger charge is -2.30. The molecule has 0 bridgehead atoms. The van der Waals surface area contributed by atoms with Gasteiger partial charge in [0.1, 0.15) is 12.4 Å². The Hall–Kier alpha value is -2.20. The van der Waals surface area contributed by atoms with Gasteiger partial charge < -0.3 is 9.47 Å². The van der Waals surface area contributed by atoms with Gasteiger partial charge in [0.25, 0.3) is 0 Å². The Morgan fingerprint density at radius 1 is 1.23 bits per heavy atom. The van der Waals surface area contributed by atoms with Crippen LogP contribution in [0.5, 0.6) is 5.75 Å². The van der Waals surface area contributed by atoms with E-state index in [1.165, 1.54) is 10.5 Å². The Kier molecular flexibility index (Phi) is 5.72. The minimum absolute atomic E-state index is 0.129. The number of ether oxygens (including phenoxy) is 2. The van der Waals surface area contributed by atoms with Gasteiger partial charge in [0.15, 0.2) is 0 Å². The van der Waals surface area contributed by atoms with Gasteiger partial charge in [0.2, 0.25) is 0 Å². The number of fused-ring (bicyclic) bond motifs is 1. The highest BCUT2D eigenvalue weighted by molar-refractivity contribution is 8.00. The number of thioether (sulfide) groups is 1. The first-order chi connectivity index (χ1) is 12.5. The lowest BCUT2D eigenvalue weighted by atomic mass is 10.1. The molecule has 0 spiro atoms. The van der Waals surface area contributed by atoms with Crippen molar-refractivity contribution >= 4 is 23.8 Å². The summed E-state index contributed by atoms with van der Waals surface area (Å²) in [5, 5.41) is 0. The Morgan fingerprint density at radius 2 is 2.00 bits per heavy atom. The summed E-state index contributed by atoms with van der Waals surface area (Å²) in [6.07, 6.45) is 5.03. The third-order valence-electron chi connectivity index (χ3n) is 4.06. The van der Waals surface area contributed by atoms with Crippen LogP contribution in [0.1, 0.15) is 42.3 Å². The normalized spacial score (nSPS) is 15.3. The quantitative estimate of drug-likeness (QED) is 0.664. The molecule has 3 nitrogen and oxygen atoms in total. The standard InChI is InChI=1S/C22H24O3S/c1-4-24-21(23)18-11-8-16(9-12-18)6-5-7-17-10-13-20-19(14-17)25-15-22(2,3)26-20/h5-6,8-14H,4,7,15H2,1-3H3. The van der Waals surface area contributed by atoms with Crippen molar-refractivity contribution in [3.63, 3.8) is 0 Å². The maximum absolute atomic E-state index is 11.7. The largest absolute Gasteiger partial charge is 0.491 e. The molecule has 26 heavy (non-hydrogen) atoms. The van der Waals surface area contributed by atoms with Crippen LogP contribution in [0.2, 0.25) is 0 Å². The van der Waals surface area contributed by atoms with Gasteiger partial charge in [-0.1, -0.05) is 30.4 Å². The van der Waals surface area contributed by atoms with Gasteiger partial charge >= 0.3 is 5.97 Å². The van der Waals surface area contributed by atoms with Crippen molar-refractivity contribution in [1.82, 2.24) is 0 Å². The van der Waals surface area contributed by atoms with E-state index in [0.29, 0.717) is 12.2 Å². The SMILES string of the molecule is CCOC(=O)c1ccc(C=CCc2ccc3c(c2)OCC(C)(C)S3)cc1. The van der Waals surface area contributed by atoms with Crippen LogP contribution in [-0.2, 0) is 11.2 Å². The molecule has 0 aliphatic carbocycles. The van der Waals surface area contributed by atoms with Crippen LogP contribution in [0.25, 0.3) is 6.08 Å². The van der Waals surface area contributed by atoms with Gasteiger partial charge in [-0.2, -0.15) is 0 Å². The maximum Gasteiger partial charge on any atom is 0.338 e. The number of carbonyl (C=O) groups is 1. The van der Waals surface area contributed by atoms with Crippen molar-refractivity contribution in [2.45, 2.75) is 36.8 Å². The fraction of sp³-hybridized carbons (Fsp3) is 0.318. The highest BCUT2D eigenvalue weighted by Crippen LogP contribution is 2.43. The molecule has 0 amide bonds. The topological polar surface area (TPSA) is 35.5 Å². The van der Waals surface area contributed by atoms with Crippen molar-refractivity contribution in [2.75, 3.05) is 13.2 Å². The minimum atomic E-state index is -0.280. The zero-order chi connectivity index (χ0) is 18.6. The van der Waals surface area contributed by atoms with Crippen LogP contribution in [0, 0.1) is 0 Å². The molecule has 1 aliphatic heterocycles. The van der Waals surface area contributed by atoms with E-state index in [2.05, 4.69) is 44.2 Å². The highest BCUT2D eigenvalue weighted by Gasteiger charge is 2.27. The molecule has 0 aromatic heterocycles. The van der Waals surface area contributed by atoms with Gasteiger partial charge in [-0.25, -0.2) is 4.79 Å². The third-order valence-corrected chi connectivity index (χ3v) is 5.28. The molecule has 0 saturated carbocycles. The highest BCUT2D eigenvalue weighted by atomic mass is 32.2. The van der Waals surface area contributed by atoms with E-state index >= 15 is 0 Å². The van der Waals surface area contributed by atoms with E-state index in [-0.39, 0.29) is 10.7 Å². The Balaban J connectivity index is 1.61. The van der Waals surface area contributed by atoms with E-state index in [1.54, 1.807) is 19.1 Å². The zero-order valence-corrected chi connectivity index (χ0v) is 16.3. The molecule has 2 aromatic carbocycles. The number of rotatable bonds is 5. The predicted octanol–water partition coefficient (Wildman–Crippen LogP) is 5.38. The second-order valence-electron chi connectivity index (χ2n) is 6.88. The van der Waals surface area contributed by atoms with Gasteiger partial charge in [0, 0.05) is 4.75 Å². The Bertz CT molecular complexity index is 807. The lowest BCUT2D eigenvalue weighted by molar-refractivity contribution is 0.0526. The molecule has 4 heteroatoms. The van der Waals surface area contributed by atoms with Crippen LogP contribution in [0.4, 0.5) is 0 Å². The average Bonchev–Trinajstić information content (AvgIpc) is 2.62. The number of allylic oxidation sites excluding steroid dienone is 1. The monoisotopic (exact) mass is 368 g/mol. The number of hydrogen-bond donors (Lipinski definition) is 0. The molecular weight excluding hydrogens is 344 g/mol. The molecule has 0 atom stereocenters. The van der Waals surface area contributed by atoms with Crippen molar-refractivity contribution in [3.05, 3.63) is 65.2 Å². The number of esters is 1. The Morgan fingerprint density at radius 3 is 2.73 bits per heavy atom. The van der Waals surface area contributed by atoms with Crippen molar-refractivity contribution in [1.29, 1.82) is 0 Å². The molecule has 1 heterocycles. The molecule has 0 saturated heterocycles. The van der Waals surface area contributed by atoms with Gasteiger partial charge in [-0.15, -0.1) is 11.8 Å². The molecule has 0 radical (unpaired) electrons. The van der Waals surface area contributed by atoms with Crippen molar-refractivity contribution in [3.8, 4) is 5.75 Å². The summed E-state index contributed by atoms with van der Waals surface area (Å²) >= 11 is 1.87. The second-order valence-corrected chi connectivity index (χ2v) is 8.63. The van der Waals surface area contributed by atoms with Gasteiger partial charge in [-0.3, -0.25) is 0 Å². The van der Waals surface area contributed by atoms with Gasteiger partial charge in [-0.05, 0) is 62.6 Å². The summed E-state index contributed by atoms with van der Waals surface area (Å²) in [4.78, 5) is 12.9. The van der Waals surface area contributed by atoms with E-state index in [1.807, 2.05) is 23.9 Å². The molecule has 0 unspecified atom stereocenters. The third kappa shape index (κ3) is 4.70. The summed E-state index contributed by atoms with van der Waals surface area (Å²) in [5.74, 6) is 0.706. The molecule has 136 valence electrons. The van der Waals surface area contributed by atoms with Crippen LogP contribution in [0.3, 0.4) is 0 Å². The van der Waals surface area contributed by atoms with E-state index in [0.717, 1.165) is 24.3 Å². The first kappa shape index (κ1) is 18.6. The summed E-state index contributed by atoms with van der Waals surface area (Å²) in [7, 11) is 0. The first-order valence-electron chi connectivity index (χ1n) is 8.85. The summed E-state index contributed by atoms with van der Waals surface area (Å²) in [6.45, 7) is 7.33. The van der Waals surface area contributed by atoms with Crippen molar-refractivity contribution < 1.29 is 14.3 Å². The molecular formula is C22H24O3S. The number of carbonyl (C=O) groups excluding carboxylic acids is 1. The van der Waals surface area contributed by atoms with Crippen LogP contribution in [-0.4, -0.2) is 23.9 Å². The Labute approximate surface area is 159 Å². The predicted molar refractivity (Wildman–Crippen MR) is 107 cm³/mol. The van der Waals surface area contributed by atoms with E-state index in [4.69, 9.17) is 9.47 Å². The average molecular weight is 368 g/mol. The minimum Gasteiger partial charge on any atom is -0.491 e. The molecule has 1 aliphatic rings. The summed E-state index contributed by atoms with van der Waals surface area (Å²) < 4.78 is 11.0. The molecule has 0 N–H and O–H groups in total. The summed E-state index contributed by atoms with van der Waals surface area (Å²) in [6, 6.07) is 13.9. The zero-order valence-electron chi connectivity index (χ0n) is 15.5. The first-order valence-corrected chi connectivity index (χ1v) is 9.67. The molecule has 0 fully saturated rings. The van der Waals surface area contributed by atoms with E-state index in [9.17, 15) is 4.79 Å². The number of hydrogen-bond acceptors (Lipinski definition) is 4. The smallest absolute Gasteiger partial charge is 0.338 e. The molecule has 2 aromatic rings. The van der Waals surface area contributed by atoms with Crippen molar-refractivity contribution in [2.24, 2.45) is 0 Å². The van der Waals surface area contributed by atoms with Crippen LogP contribution >= 0.6 is 11.8 Å². The molecule has 3 rings (SSSR count). The summed E-state index contributed by atoms with van der Waals surface area (Å²) in [5.41, 5.74) is 2.87. The van der Waals surface area contributed by atoms with E-state index < -0.39 is 0 Å². The van der Waals surface area contributed by atoms with Gasteiger partial charge in [0.05, 0.1) is 17.1 Å². The fourth-order valence-corrected chi connectivity index (χ4v) is 3.80. The maximum atomic E-state index is 11.7. The lowest BCUT2D eigenvalue weighted by Crippen LogP contribution is -2.28. The second kappa shape index (κ2) is 8.00. The number of benzene rings is 2. The van der Waals surface area contributed by atoms with Crippen LogP contribution < -0.4 is 4.74 Å². The van der Waals surface area contributed by atoms with Crippen LogP contribution in [0.15, 0.2) is 53.4 Å².